The summed E-state index contributed by atoms with van der Waals surface area (Å²) < 4.78 is 1.62. The summed E-state index contributed by atoms with van der Waals surface area (Å²) in [7, 11) is 0. The van der Waals surface area contributed by atoms with Gasteiger partial charge in [0.1, 0.15) is 4.93 Å². The molecule has 2 fully saturated rings. The van der Waals surface area contributed by atoms with Crippen molar-refractivity contribution in [3.63, 3.8) is 0 Å². The summed E-state index contributed by atoms with van der Waals surface area (Å²) in [6.45, 7) is 16.2. The number of hydrogen-bond donors (Lipinski definition) is 2. The second-order valence-electron chi connectivity index (χ2n) is 11.0. The van der Waals surface area contributed by atoms with Gasteiger partial charge >= 0.3 is 0 Å². The highest BCUT2D eigenvalue weighted by atomic mass is 32.2. The van der Waals surface area contributed by atoms with Crippen molar-refractivity contribution in [2.24, 2.45) is 11.3 Å². The van der Waals surface area contributed by atoms with Crippen LogP contribution in [0.2, 0.25) is 0 Å². The molecule has 0 bridgehead atoms. The first kappa shape index (κ1) is 25.3. The highest BCUT2D eigenvalue weighted by Crippen LogP contribution is 2.55. The zero-order valence-electron chi connectivity index (χ0n) is 20.7. The summed E-state index contributed by atoms with van der Waals surface area (Å²) in [5, 5.41) is 22.1. The molecule has 0 aromatic heterocycles. The smallest absolute Gasteiger partial charge is 0.229 e. The van der Waals surface area contributed by atoms with E-state index in [0.29, 0.717) is 17.9 Å². The monoisotopic (exact) mass is 459 g/mol. The Morgan fingerprint density at radius 1 is 1.38 bits per heavy atom. The Kier molecular flexibility index (Phi) is 7.24. The van der Waals surface area contributed by atoms with Crippen LogP contribution in [0.15, 0.2) is 47.1 Å². The number of carbonyl (C=O) groups excluding carboxylic acids is 1. The Balaban J connectivity index is 1.85. The molecule has 3 rings (SSSR count). The Labute approximate surface area is 198 Å². The Bertz CT molecular complexity index is 865. The lowest BCUT2D eigenvalue weighted by atomic mass is 9.64. The second-order valence-corrected chi connectivity index (χ2v) is 12.3. The average molecular weight is 460 g/mol. The van der Waals surface area contributed by atoms with Crippen molar-refractivity contribution in [3.8, 4) is 0 Å². The molecule has 3 aliphatic rings. The third-order valence-electron chi connectivity index (χ3n) is 7.54. The predicted molar refractivity (Wildman–Crippen MR) is 134 cm³/mol. The molecule has 0 aromatic rings. The van der Waals surface area contributed by atoms with Gasteiger partial charge in [-0.1, -0.05) is 49.8 Å². The summed E-state index contributed by atoms with van der Waals surface area (Å²) in [6, 6.07) is 0. The van der Waals surface area contributed by atoms with Crippen LogP contribution in [0, 0.1) is 11.3 Å². The van der Waals surface area contributed by atoms with Crippen molar-refractivity contribution in [1.82, 2.24) is 4.31 Å². The molecule has 0 unspecified atom stereocenters. The molecule has 4 atom stereocenters. The molecule has 5 heteroatoms. The van der Waals surface area contributed by atoms with Crippen molar-refractivity contribution in [1.29, 1.82) is 0 Å². The Morgan fingerprint density at radius 3 is 2.66 bits per heavy atom. The van der Waals surface area contributed by atoms with Crippen LogP contribution in [0.1, 0.15) is 86.5 Å². The molecule has 4 nitrogen and oxygen atoms in total. The lowest BCUT2D eigenvalue weighted by Gasteiger charge is -2.43. The van der Waals surface area contributed by atoms with Gasteiger partial charge in [-0.25, -0.2) is 0 Å². The summed E-state index contributed by atoms with van der Waals surface area (Å²) in [5.41, 5.74) is 4.44. The van der Waals surface area contributed by atoms with E-state index in [-0.39, 0.29) is 17.7 Å². The quantitative estimate of drug-likeness (QED) is 0.304. The molecule has 0 radical (unpaired) electrons. The summed E-state index contributed by atoms with van der Waals surface area (Å²) in [6.07, 6.45) is 12.2. The SMILES string of the molecule is C=C1C(=CC=C2CCC[C@]3(C)C(CC)=CC[C@@H]23)C[C@](O)(SN(C(C)=O)C(C)(C)C)C[C@@H]1O. The highest BCUT2D eigenvalue weighted by molar-refractivity contribution is 7.98. The minimum atomic E-state index is -1.25. The van der Waals surface area contributed by atoms with Crippen LogP contribution < -0.4 is 0 Å². The number of aliphatic hydroxyl groups excluding tert-OH is 1. The number of amides is 1. The Hall–Kier alpha value is -1.30. The molecule has 2 N–H and O–H groups in total. The lowest BCUT2D eigenvalue weighted by molar-refractivity contribution is -0.127. The molecule has 32 heavy (non-hydrogen) atoms. The van der Waals surface area contributed by atoms with Gasteiger partial charge in [0.15, 0.2) is 0 Å². The van der Waals surface area contributed by atoms with Crippen LogP contribution in [0.5, 0.6) is 0 Å². The van der Waals surface area contributed by atoms with Gasteiger partial charge in [0.25, 0.3) is 0 Å². The van der Waals surface area contributed by atoms with E-state index in [2.05, 4.69) is 38.7 Å². The van der Waals surface area contributed by atoms with Crippen LogP contribution in [-0.2, 0) is 4.79 Å². The van der Waals surface area contributed by atoms with Crippen LogP contribution in [-0.4, -0.2) is 37.0 Å². The van der Waals surface area contributed by atoms with Gasteiger partial charge in [-0.2, -0.15) is 0 Å². The molecule has 3 aliphatic carbocycles. The molecule has 1 amide bonds. The molecule has 2 saturated carbocycles. The fraction of sp³-hybridized carbons (Fsp3) is 0.667. The molecule has 0 aromatic carbocycles. The summed E-state index contributed by atoms with van der Waals surface area (Å²) >= 11 is 1.14. The van der Waals surface area contributed by atoms with Crippen molar-refractivity contribution < 1.29 is 15.0 Å². The van der Waals surface area contributed by atoms with Crippen molar-refractivity contribution >= 4 is 17.9 Å². The number of allylic oxidation sites excluding steroid dienone is 5. The number of hydrogen-bond acceptors (Lipinski definition) is 4. The van der Waals surface area contributed by atoms with Gasteiger partial charge in [-0.15, -0.1) is 0 Å². The molecule has 0 spiro atoms. The van der Waals surface area contributed by atoms with E-state index in [4.69, 9.17) is 0 Å². The van der Waals surface area contributed by atoms with E-state index in [1.807, 2.05) is 20.8 Å². The van der Waals surface area contributed by atoms with E-state index < -0.39 is 16.6 Å². The minimum Gasteiger partial charge on any atom is -0.388 e. The maximum atomic E-state index is 12.2. The zero-order valence-corrected chi connectivity index (χ0v) is 21.5. The van der Waals surface area contributed by atoms with Crippen LogP contribution in [0.25, 0.3) is 0 Å². The van der Waals surface area contributed by atoms with Gasteiger partial charge in [0.2, 0.25) is 5.91 Å². The predicted octanol–water partition coefficient (Wildman–Crippen LogP) is 6.08. The zero-order chi connectivity index (χ0) is 23.9. The van der Waals surface area contributed by atoms with Crippen LogP contribution in [0.4, 0.5) is 0 Å². The molecular weight excluding hydrogens is 418 g/mol. The number of fused-ring (bicyclic) bond motifs is 1. The van der Waals surface area contributed by atoms with Gasteiger partial charge in [-0.3, -0.25) is 9.10 Å². The molecule has 0 saturated heterocycles. The van der Waals surface area contributed by atoms with E-state index in [9.17, 15) is 15.0 Å². The average Bonchev–Trinajstić information content (AvgIpc) is 3.03. The molecule has 0 heterocycles. The van der Waals surface area contributed by atoms with Gasteiger partial charge in [-0.05, 0) is 87.3 Å². The van der Waals surface area contributed by atoms with E-state index in [1.54, 1.807) is 9.88 Å². The largest absolute Gasteiger partial charge is 0.388 e. The Morgan fingerprint density at radius 2 is 2.06 bits per heavy atom. The van der Waals surface area contributed by atoms with Gasteiger partial charge < -0.3 is 10.2 Å². The first-order valence-corrected chi connectivity index (χ1v) is 12.8. The standard InChI is InChI=1S/C27H41NO3S/c1-8-22-13-14-23-20(10-9-15-26(22,23)7)11-12-21-16-27(31,17-24(30)18(21)2)32-28(19(3)29)25(4,5)6/h11-13,23-24,30-31H,2,8-10,14-17H2,1,3-7H3/t23-,24-,26+,27-/m0/s1. The molecule has 178 valence electrons. The van der Waals surface area contributed by atoms with Crippen molar-refractivity contribution in [2.45, 2.75) is 103 Å². The van der Waals surface area contributed by atoms with Crippen LogP contribution in [0.3, 0.4) is 0 Å². The fourth-order valence-electron chi connectivity index (χ4n) is 5.86. The number of rotatable bonds is 4. The number of nitrogens with zero attached hydrogens (tertiary/aromatic N) is 1. The normalized spacial score (nSPS) is 35.8. The third-order valence-corrected chi connectivity index (χ3v) is 9.18. The number of aliphatic hydroxyl groups is 2. The number of carbonyl (C=O) groups is 1. The first-order chi connectivity index (χ1) is 14.8. The van der Waals surface area contributed by atoms with E-state index in [1.165, 1.54) is 25.3 Å². The second kappa shape index (κ2) is 9.15. The first-order valence-electron chi connectivity index (χ1n) is 12.0. The van der Waals surface area contributed by atoms with Crippen molar-refractivity contribution in [3.05, 3.63) is 47.1 Å². The van der Waals surface area contributed by atoms with Gasteiger partial charge in [0, 0.05) is 25.3 Å². The summed E-state index contributed by atoms with van der Waals surface area (Å²) in [5.74, 6) is 0.441. The van der Waals surface area contributed by atoms with E-state index >= 15 is 0 Å². The molecular formula is C27H41NO3S. The summed E-state index contributed by atoms with van der Waals surface area (Å²) in [4.78, 5) is 11.0. The van der Waals surface area contributed by atoms with Crippen molar-refractivity contribution in [2.75, 3.05) is 0 Å². The molecule has 0 aliphatic heterocycles. The maximum absolute atomic E-state index is 12.2. The lowest BCUT2D eigenvalue weighted by Crippen LogP contribution is -2.46. The van der Waals surface area contributed by atoms with E-state index in [0.717, 1.165) is 36.8 Å². The van der Waals surface area contributed by atoms with Gasteiger partial charge in [0.05, 0.1) is 6.10 Å². The minimum absolute atomic E-state index is 0.107. The maximum Gasteiger partial charge on any atom is 0.229 e. The topological polar surface area (TPSA) is 60.8 Å². The third kappa shape index (κ3) is 4.95. The fourth-order valence-corrected chi connectivity index (χ4v) is 7.06. The van der Waals surface area contributed by atoms with Crippen LogP contribution >= 0.6 is 11.9 Å². The highest BCUT2D eigenvalue weighted by Gasteiger charge is 2.45.